The van der Waals surface area contributed by atoms with Gasteiger partial charge in [0.05, 0.1) is 11.0 Å². The van der Waals surface area contributed by atoms with Gasteiger partial charge in [-0.3, -0.25) is 0 Å². The van der Waals surface area contributed by atoms with Gasteiger partial charge in [-0.15, -0.1) is 0 Å². The number of nitrogens with zero attached hydrogens (tertiary/aromatic N) is 2. The molecular weight excluding hydrogens is 246 g/mol. The van der Waals surface area contributed by atoms with Crippen molar-refractivity contribution in [3.63, 3.8) is 0 Å². The van der Waals surface area contributed by atoms with Crippen molar-refractivity contribution < 1.29 is 0 Å². The Morgan fingerprint density at radius 3 is 2.60 bits per heavy atom. The van der Waals surface area contributed by atoms with Crippen molar-refractivity contribution in [3.8, 4) is 0 Å². The number of hydrogen-bond acceptors (Lipinski definition) is 2. The van der Waals surface area contributed by atoms with Gasteiger partial charge in [0.25, 0.3) is 0 Å². The molecule has 1 heterocycles. The molecule has 108 valence electrons. The Kier molecular flexibility index (Phi) is 3.33. The van der Waals surface area contributed by atoms with Gasteiger partial charge >= 0.3 is 0 Å². The van der Waals surface area contributed by atoms with E-state index in [1.165, 1.54) is 24.2 Å². The van der Waals surface area contributed by atoms with Crippen LogP contribution < -0.4 is 5.73 Å². The van der Waals surface area contributed by atoms with Gasteiger partial charge in [0.15, 0.2) is 0 Å². The highest BCUT2D eigenvalue weighted by Crippen LogP contribution is 2.41. The predicted octanol–water partition coefficient (Wildman–Crippen LogP) is 3.85. The minimum absolute atomic E-state index is 0.274. The zero-order valence-electron chi connectivity index (χ0n) is 12.8. The number of aromatic nitrogens is 2. The second-order valence-electron chi connectivity index (χ2n) is 7.26. The van der Waals surface area contributed by atoms with Gasteiger partial charge in [-0.05, 0) is 36.8 Å². The van der Waals surface area contributed by atoms with E-state index in [2.05, 4.69) is 49.6 Å². The summed E-state index contributed by atoms with van der Waals surface area (Å²) < 4.78 is 2.46. The van der Waals surface area contributed by atoms with Crippen LogP contribution >= 0.6 is 0 Å². The molecule has 1 aromatic carbocycles. The maximum Gasteiger partial charge on any atom is 0.114 e. The van der Waals surface area contributed by atoms with E-state index >= 15 is 0 Å². The third kappa shape index (κ3) is 2.59. The van der Waals surface area contributed by atoms with E-state index in [9.17, 15) is 0 Å². The molecule has 1 aromatic heterocycles. The second kappa shape index (κ2) is 4.88. The minimum Gasteiger partial charge on any atom is -0.330 e. The van der Waals surface area contributed by atoms with Crippen LogP contribution in [0.1, 0.15) is 57.8 Å². The lowest BCUT2D eigenvalue weighted by atomic mass is 9.84. The summed E-state index contributed by atoms with van der Waals surface area (Å²) in [6, 6.07) is 9.12. The lowest BCUT2D eigenvalue weighted by Gasteiger charge is -2.25. The summed E-state index contributed by atoms with van der Waals surface area (Å²) in [4.78, 5) is 4.91. The van der Waals surface area contributed by atoms with E-state index in [-0.39, 0.29) is 5.41 Å². The molecule has 3 nitrogen and oxygen atoms in total. The molecule has 1 fully saturated rings. The third-order valence-electron chi connectivity index (χ3n) is 4.04. The summed E-state index contributed by atoms with van der Waals surface area (Å²) >= 11 is 0. The van der Waals surface area contributed by atoms with Crippen LogP contribution in [0, 0.1) is 5.41 Å². The number of para-hydroxylation sites is 2. The Hall–Kier alpha value is -1.35. The monoisotopic (exact) mass is 271 g/mol. The average molecular weight is 271 g/mol. The van der Waals surface area contributed by atoms with Crippen LogP contribution in [0.25, 0.3) is 11.0 Å². The van der Waals surface area contributed by atoms with Crippen LogP contribution in [0.2, 0.25) is 0 Å². The Morgan fingerprint density at radius 2 is 2.00 bits per heavy atom. The fourth-order valence-corrected chi connectivity index (χ4v) is 3.09. The largest absolute Gasteiger partial charge is 0.330 e. The minimum atomic E-state index is 0.274. The van der Waals surface area contributed by atoms with Gasteiger partial charge in [0.2, 0.25) is 0 Å². The predicted molar refractivity (Wildman–Crippen MR) is 83.9 cm³/mol. The molecule has 3 rings (SSSR count). The lowest BCUT2D eigenvalue weighted by Crippen LogP contribution is -2.22. The molecule has 0 bridgehead atoms. The molecule has 1 aliphatic carbocycles. The molecule has 0 saturated heterocycles. The molecule has 1 atom stereocenters. The molecule has 0 amide bonds. The molecule has 1 aliphatic rings. The first-order valence-corrected chi connectivity index (χ1v) is 7.66. The Labute approximate surface area is 121 Å². The summed E-state index contributed by atoms with van der Waals surface area (Å²) in [5.74, 6) is 1.55. The van der Waals surface area contributed by atoms with E-state index < -0.39 is 0 Å². The summed E-state index contributed by atoms with van der Waals surface area (Å²) in [5, 5.41) is 0. The van der Waals surface area contributed by atoms with Gasteiger partial charge in [-0.25, -0.2) is 4.98 Å². The molecular formula is C17H25N3. The fraction of sp³-hybridized carbons (Fsp3) is 0.588. The van der Waals surface area contributed by atoms with Crippen LogP contribution in [0.3, 0.4) is 0 Å². The highest BCUT2D eigenvalue weighted by molar-refractivity contribution is 5.76. The molecule has 2 N–H and O–H groups in total. The molecule has 2 aromatic rings. The number of benzene rings is 1. The normalized spacial score (nSPS) is 17.6. The molecule has 1 unspecified atom stereocenters. The number of fused-ring (bicyclic) bond motifs is 1. The zero-order valence-corrected chi connectivity index (χ0v) is 12.8. The van der Waals surface area contributed by atoms with Gasteiger partial charge in [0.1, 0.15) is 5.82 Å². The van der Waals surface area contributed by atoms with E-state index in [1.807, 2.05) is 0 Å². The van der Waals surface area contributed by atoms with Gasteiger partial charge in [0, 0.05) is 18.5 Å². The average Bonchev–Trinajstić information content (AvgIpc) is 3.15. The number of rotatable bonds is 4. The van der Waals surface area contributed by atoms with Crippen molar-refractivity contribution in [1.29, 1.82) is 0 Å². The van der Waals surface area contributed by atoms with Crippen molar-refractivity contribution in [2.24, 2.45) is 11.1 Å². The Bertz CT molecular complexity index is 602. The Balaban J connectivity index is 2.07. The zero-order chi connectivity index (χ0) is 14.3. The van der Waals surface area contributed by atoms with Gasteiger partial charge < -0.3 is 10.3 Å². The van der Waals surface area contributed by atoms with Crippen molar-refractivity contribution >= 4 is 11.0 Å². The van der Waals surface area contributed by atoms with Crippen LogP contribution in [-0.4, -0.2) is 16.1 Å². The quantitative estimate of drug-likeness (QED) is 0.918. The first kappa shape index (κ1) is 13.6. The summed E-state index contributed by atoms with van der Waals surface area (Å²) in [7, 11) is 0. The smallest absolute Gasteiger partial charge is 0.114 e. The van der Waals surface area contributed by atoms with Crippen molar-refractivity contribution in [1.82, 2.24) is 9.55 Å². The number of hydrogen-bond donors (Lipinski definition) is 1. The number of imidazole rings is 1. The van der Waals surface area contributed by atoms with E-state index in [0.29, 0.717) is 18.5 Å². The maximum absolute atomic E-state index is 6.07. The van der Waals surface area contributed by atoms with Crippen molar-refractivity contribution in [3.05, 3.63) is 30.1 Å². The van der Waals surface area contributed by atoms with E-state index in [0.717, 1.165) is 11.9 Å². The molecule has 1 saturated carbocycles. The maximum atomic E-state index is 6.07. The second-order valence-corrected chi connectivity index (χ2v) is 7.26. The molecule has 3 heteroatoms. The standard InChI is InChI=1S/C17H25N3/c1-17(2,3)10-12(11-18)16-19-14-6-4-5-7-15(14)20(16)13-8-9-13/h4-7,12-13H,8-11,18H2,1-3H3. The van der Waals surface area contributed by atoms with Crippen LogP contribution in [0.5, 0.6) is 0 Å². The first-order valence-electron chi connectivity index (χ1n) is 7.66. The Morgan fingerprint density at radius 1 is 1.30 bits per heavy atom. The molecule has 0 aliphatic heterocycles. The summed E-state index contributed by atoms with van der Waals surface area (Å²) in [6.07, 6.45) is 3.64. The van der Waals surface area contributed by atoms with Crippen LogP contribution in [0.4, 0.5) is 0 Å². The fourth-order valence-electron chi connectivity index (χ4n) is 3.09. The molecule has 0 radical (unpaired) electrons. The van der Waals surface area contributed by atoms with Crippen molar-refractivity contribution in [2.45, 2.75) is 52.0 Å². The molecule has 20 heavy (non-hydrogen) atoms. The summed E-state index contributed by atoms with van der Waals surface area (Å²) in [5.41, 5.74) is 8.73. The van der Waals surface area contributed by atoms with Crippen molar-refractivity contribution in [2.75, 3.05) is 6.54 Å². The highest BCUT2D eigenvalue weighted by Gasteiger charge is 2.31. The summed E-state index contributed by atoms with van der Waals surface area (Å²) in [6.45, 7) is 7.51. The number of nitrogens with two attached hydrogens (primary N) is 1. The van der Waals surface area contributed by atoms with Crippen LogP contribution in [-0.2, 0) is 0 Å². The lowest BCUT2D eigenvalue weighted by molar-refractivity contribution is 0.332. The molecule has 0 spiro atoms. The SMILES string of the molecule is CC(C)(C)CC(CN)c1nc2ccccc2n1C1CC1. The van der Waals surface area contributed by atoms with Gasteiger partial charge in [-0.2, -0.15) is 0 Å². The van der Waals surface area contributed by atoms with Gasteiger partial charge in [-0.1, -0.05) is 32.9 Å². The van der Waals surface area contributed by atoms with E-state index in [1.54, 1.807) is 0 Å². The third-order valence-corrected chi connectivity index (χ3v) is 4.04. The van der Waals surface area contributed by atoms with Crippen LogP contribution in [0.15, 0.2) is 24.3 Å². The van der Waals surface area contributed by atoms with E-state index in [4.69, 9.17) is 10.7 Å². The highest BCUT2D eigenvalue weighted by atomic mass is 15.1. The topological polar surface area (TPSA) is 43.8 Å². The first-order chi connectivity index (χ1) is 9.49.